The van der Waals surface area contributed by atoms with Crippen LogP contribution < -0.4 is 16.2 Å². The van der Waals surface area contributed by atoms with Crippen LogP contribution in [-0.2, 0) is 9.59 Å². The number of hydrogen-bond donors (Lipinski definition) is 3. The zero-order valence-corrected chi connectivity index (χ0v) is 16.8. The summed E-state index contributed by atoms with van der Waals surface area (Å²) in [7, 11) is 0. The number of rotatable bonds is 4. The molecule has 0 radical (unpaired) electrons. The number of anilines is 1. The first kappa shape index (κ1) is 19.6. The molecule has 8 heteroatoms. The third kappa shape index (κ3) is 4.33. The van der Waals surface area contributed by atoms with Gasteiger partial charge in [0.25, 0.3) is 0 Å². The summed E-state index contributed by atoms with van der Waals surface area (Å²) in [6.07, 6.45) is 3.29. The fourth-order valence-electron chi connectivity index (χ4n) is 4.64. The van der Waals surface area contributed by atoms with E-state index in [1.165, 1.54) is 6.42 Å². The number of benzene rings is 1. The van der Waals surface area contributed by atoms with Gasteiger partial charge < -0.3 is 10.2 Å². The molecule has 3 aliphatic rings. The van der Waals surface area contributed by atoms with Crippen molar-refractivity contribution in [3.05, 3.63) is 29.3 Å². The first-order chi connectivity index (χ1) is 13.6. The van der Waals surface area contributed by atoms with Gasteiger partial charge in [0.1, 0.15) is 0 Å². The summed E-state index contributed by atoms with van der Waals surface area (Å²) in [4.78, 5) is 29.4. The van der Waals surface area contributed by atoms with Crippen LogP contribution in [0.15, 0.2) is 24.3 Å². The molecule has 1 aromatic carbocycles. The van der Waals surface area contributed by atoms with Gasteiger partial charge in [0.2, 0.25) is 11.8 Å². The van der Waals surface area contributed by atoms with E-state index in [4.69, 9.17) is 11.6 Å². The van der Waals surface area contributed by atoms with E-state index < -0.39 is 0 Å². The molecule has 3 atom stereocenters. The van der Waals surface area contributed by atoms with Crippen LogP contribution in [0.2, 0.25) is 5.02 Å². The predicted molar refractivity (Wildman–Crippen MR) is 109 cm³/mol. The van der Waals surface area contributed by atoms with Crippen LogP contribution >= 0.6 is 11.6 Å². The lowest BCUT2D eigenvalue weighted by atomic mass is 9.77. The summed E-state index contributed by atoms with van der Waals surface area (Å²) < 4.78 is 0. The first-order valence-electron chi connectivity index (χ1n) is 10.2. The molecule has 3 fully saturated rings. The van der Waals surface area contributed by atoms with Crippen LogP contribution in [0.3, 0.4) is 0 Å². The second kappa shape index (κ2) is 8.78. The molecule has 4 rings (SSSR count). The molecule has 3 unspecified atom stereocenters. The lowest BCUT2D eigenvalue weighted by Gasteiger charge is -2.39. The Labute approximate surface area is 170 Å². The zero-order chi connectivity index (χ0) is 19.5. The summed E-state index contributed by atoms with van der Waals surface area (Å²) in [5.74, 6) is 0.830. The average molecular weight is 406 g/mol. The maximum atomic E-state index is 13.0. The SMILES string of the molecule is O=C(CN1CCN(C(=O)C2CCCC3CNNC32)CC1)Nc1ccccc1Cl. The fourth-order valence-corrected chi connectivity index (χ4v) is 4.82. The molecular weight excluding hydrogens is 378 g/mol. The minimum Gasteiger partial charge on any atom is -0.340 e. The van der Waals surface area contributed by atoms with Gasteiger partial charge in [-0.05, 0) is 30.9 Å². The van der Waals surface area contributed by atoms with Crippen molar-refractivity contribution in [2.45, 2.75) is 25.3 Å². The molecule has 1 aromatic rings. The molecule has 2 saturated heterocycles. The molecule has 2 heterocycles. The number of carbonyl (C=O) groups excluding carboxylic acids is 2. The number of nitrogens with zero attached hydrogens (tertiary/aromatic N) is 2. The third-order valence-electron chi connectivity index (χ3n) is 6.18. The molecular formula is C20H28ClN5O2. The highest BCUT2D eigenvalue weighted by atomic mass is 35.5. The Morgan fingerprint density at radius 2 is 1.93 bits per heavy atom. The Morgan fingerprint density at radius 1 is 1.14 bits per heavy atom. The van der Waals surface area contributed by atoms with E-state index in [1.54, 1.807) is 12.1 Å². The van der Waals surface area contributed by atoms with Crippen molar-refractivity contribution in [1.82, 2.24) is 20.7 Å². The largest absolute Gasteiger partial charge is 0.340 e. The molecule has 152 valence electrons. The number of para-hydroxylation sites is 1. The summed E-state index contributed by atoms with van der Waals surface area (Å²) in [6, 6.07) is 7.49. The maximum absolute atomic E-state index is 13.0. The molecule has 0 spiro atoms. The minimum atomic E-state index is -0.0794. The maximum Gasteiger partial charge on any atom is 0.238 e. The lowest BCUT2D eigenvalue weighted by Crippen LogP contribution is -2.55. The van der Waals surface area contributed by atoms with E-state index in [1.807, 2.05) is 17.0 Å². The van der Waals surface area contributed by atoms with Crippen molar-refractivity contribution < 1.29 is 9.59 Å². The molecule has 0 bridgehead atoms. The molecule has 1 saturated carbocycles. The molecule has 3 N–H and O–H groups in total. The average Bonchev–Trinajstić information content (AvgIpc) is 3.19. The molecule has 2 aliphatic heterocycles. The fraction of sp³-hybridized carbons (Fsp3) is 0.600. The van der Waals surface area contributed by atoms with Crippen LogP contribution in [0.1, 0.15) is 19.3 Å². The van der Waals surface area contributed by atoms with Gasteiger partial charge in [-0.1, -0.05) is 30.2 Å². The first-order valence-corrected chi connectivity index (χ1v) is 10.5. The smallest absolute Gasteiger partial charge is 0.238 e. The number of fused-ring (bicyclic) bond motifs is 1. The number of hydrogen-bond acceptors (Lipinski definition) is 5. The van der Waals surface area contributed by atoms with Crippen LogP contribution in [0, 0.1) is 11.8 Å². The van der Waals surface area contributed by atoms with Gasteiger partial charge >= 0.3 is 0 Å². The number of piperazine rings is 1. The minimum absolute atomic E-state index is 0.0730. The summed E-state index contributed by atoms with van der Waals surface area (Å²) in [5.41, 5.74) is 7.17. The van der Waals surface area contributed by atoms with Crippen LogP contribution in [0.5, 0.6) is 0 Å². The zero-order valence-electron chi connectivity index (χ0n) is 16.0. The van der Waals surface area contributed by atoms with Crippen molar-refractivity contribution in [2.75, 3.05) is 44.6 Å². The van der Waals surface area contributed by atoms with Crippen molar-refractivity contribution in [2.24, 2.45) is 11.8 Å². The highest BCUT2D eigenvalue weighted by Crippen LogP contribution is 2.32. The topological polar surface area (TPSA) is 76.7 Å². The number of hydrazine groups is 1. The summed E-state index contributed by atoms with van der Waals surface area (Å²) >= 11 is 6.10. The van der Waals surface area contributed by atoms with Crippen molar-refractivity contribution in [3.63, 3.8) is 0 Å². The van der Waals surface area contributed by atoms with Gasteiger partial charge in [0.05, 0.1) is 23.2 Å². The number of halogens is 1. The van der Waals surface area contributed by atoms with Gasteiger partial charge in [-0.2, -0.15) is 0 Å². The number of amides is 2. The van der Waals surface area contributed by atoms with Gasteiger partial charge in [-0.15, -0.1) is 0 Å². The molecule has 0 aromatic heterocycles. The monoisotopic (exact) mass is 405 g/mol. The Morgan fingerprint density at radius 3 is 2.71 bits per heavy atom. The van der Waals surface area contributed by atoms with Crippen molar-refractivity contribution in [3.8, 4) is 0 Å². The van der Waals surface area contributed by atoms with Crippen LogP contribution in [-0.4, -0.2) is 66.9 Å². The normalized spacial score (nSPS) is 28.0. The molecule has 7 nitrogen and oxygen atoms in total. The van der Waals surface area contributed by atoms with Gasteiger partial charge in [-0.25, -0.2) is 0 Å². The summed E-state index contributed by atoms with van der Waals surface area (Å²) in [6.45, 7) is 4.07. The van der Waals surface area contributed by atoms with E-state index in [2.05, 4.69) is 21.1 Å². The molecule has 28 heavy (non-hydrogen) atoms. The highest BCUT2D eigenvalue weighted by Gasteiger charge is 2.42. The van der Waals surface area contributed by atoms with Gasteiger partial charge in [-0.3, -0.25) is 25.3 Å². The Hall–Kier alpha value is -1.67. The van der Waals surface area contributed by atoms with Gasteiger partial charge in [0.15, 0.2) is 0 Å². The van der Waals surface area contributed by atoms with E-state index in [9.17, 15) is 9.59 Å². The van der Waals surface area contributed by atoms with Gasteiger partial charge in [0, 0.05) is 38.8 Å². The summed E-state index contributed by atoms with van der Waals surface area (Å²) in [5, 5.41) is 3.39. The predicted octanol–water partition coefficient (Wildman–Crippen LogP) is 1.32. The quantitative estimate of drug-likeness (QED) is 0.704. The van der Waals surface area contributed by atoms with Crippen LogP contribution in [0.25, 0.3) is 0 Å². The number of carbonyl (C=O) groups is 2. The third-order valence-corrected chi connectivity index (χ3v) is 6.51. The van der Waals surface area contributed by atoms with E-state index in [-0.39, 0.29) is 23.8 Å². The second-order valence-electron chi connectivity index (χ2n) is 7.98. The molecule has 1 aliphatic carbocycles. The number of nitrogens with one attached hydrogen (secondary N) is 3. The second-order valence-corrected chi connectivity index (χ2v) is 8.39. The highest BCUT2D eigenvalue weighted by molar-refractivity contribution is 6.33. The lowest BCUT2D eigenvalue weighted by molar-refractivity contribution is -0.139. The van der Waals surface area contributed by atoms with E-state index >= 15 is 0 Å². The van der Waals surface area contributed by atoms with Crippen LogP contribution in [0.4, 0.5) is 5.69 Å². The standard InChI is InChI=1S/C20H28ClN5O2/c21-16-6-1-2-7-17(16)23-18(27)13-25-8-10-26(11-9-25)20(28)15-5-3-4-14-12-22-24-19(14)15/h1-2,6-7,14-15,19,22,24H,3-5,8-13H2,(H,23,27). The Balaban J connectivity index is 1.26. The van der Waals surface area contributed by atoms with Crippen molar-refractivity contribution in [1.29, 1.82) is 0 Å². The Kier molecular flexibility index (Phi) is 6.16. The molecule has 2 amide bonds. The Bertz CT molecular complexity index is 722. The van der Waals surface area contributed by atoms with Crippen molar-refractivity contribution >= 4 is 29.1 Å². The van der Waals surface area contributed by atoms with E-state index in [0.29, 0.717) is 49.4 Å². The van der Waals surface area contributed by atoms with E-state index in [0.717, 1.165) is 19.4 Å².